The van der Waals surface area contributed by atoms with Crippen molar-refractivity contribution < 1.29 is 19.4 Å². The minimum atomic E-state index is -0.950. The van der Waals surface area contributed by atoms with Gasteiger partial charge >= 0.3 is 12.0 Å². The zero-order chi connectivity index (χ0) is 13.1. The van der Waals surface area contributed by atoms with Crippen LogP contribution in [0, 0.1) is 0 Å². The van der Waals surface area contributed by atoms with Crippen LogP contribution in [0.25, 0.3) is 0 Å². The summed E-state index contributed by atoms with van der Waals surface area (Å²) in [5, 5.41) is 8.88. The molecule has 1 unspecified atom stereocenters. The number of hydrogen-bond donors (Lipinski definition) is 1. The third-order valence-electron chi connectivity index (χ3n) is 3.26. The van der Waals surface area contributed by atoms with Crippen molar-refractivity contribution in [2.45, 2.75) is 38.3 Å². The molecule has 2 fully saturated rings. The Morgan fingerprint density at radius 3 is 2.78 bits per heavy atom. The zero-order valence-corrected chi connectivity index (χ0v) is 10.7. The number of hydrogen-bond acceptors (Lipinski definition) is 3. The average molecular weight is 256 g/mol. The molecule has 0 aromatic rings. The highest BCUT2D eigenvalue weighted by Crippen LogP contribution is 2.28. The molecule has 1 atom stereocenters. The average Bonchev–Trinajstić information content (AvgIpc) is 3.11. The van der Waals surface area contributed by atoms with E-state index in [0.717, 1.165) is 19.3 Å². The molecule has 102 valence electrons. The molecular weight excluding hydrogens is 236 g/mol. The summed E-state index contributed by atoms with van der Waals surface area (Å²) in [6.07, 6.45) is 2.65. The van der Waals surface area contributed by atoms with Gasteiger partial charge in [0.2, 0.25) is 0 Å². The van der Waals surface area contributed by atoms with E-state index in [1.165, 1.54) is 4.90 Å². The minimum absolute atomic E-state index is 0.0160. The lowest BCUT2D eigenvalue weighted by atomic mass is 10.3. The highest BCUT2D eigenvalue weighted by atomic mass is 16.5. The molecule has 1 aliphatic carbocycles. The lowest BCUT2D eigenvalue weighted by molar-refractivity contribution is -0.137. The third-order valence-corrected chi connectivity index (χ3v) is 3.26. The number of aliphatic carboxylic acids is 1. The van der Waals surface area contributed by atoms with Gasteiger partial charge in [-0.25, -0.2) is 4.79 Å². The molecule has 1 aliphatic heterocycles. The predicted molar refractivity (Wildman–Crippen MR) is 64.4 cm³/mol. The number of carboxylic acid groups (broad SMARTS) is 1. The molecule has 2 aliphatic rings. The molecule has 1 heterocycles. The highest BCUT2D eigenvalue weighted by Gasteiger charge is 2.36. The smallest absolute Gasteiger partial charge is 0.323 e. The van der Waals surface area contributed by atoms with Crippen LogP contribution in [-0.4, -0.2) is 65.3 Å². The Morgan fingerprint density at radius 1 is 1.44 bits per heavy atom. The number of rotatable bonds is 3. The van der Waals surface area contributed by atoms with E-state index in [1.54, 1.807) is 4.90 Å². The monoisotopic (exact) mass is 256 g/mol. The Balaban J connectivity index is 1.99. The Bertz CT molecular complexity index is 330. The van der Waals surface area contributed by atoms with Gasteiger partial charge in [0, 0.05) is 25.7 Å². The van der Waals surface area contributed by atoms with E-state index < -0.39 is 5.97 Å². The van der Waals surface area contributed by atoms with Crippen LogP contribution >= 0.6 is 0 Å². The highest BCUT2D eigenvalue weighted by molar-refractivity contribution is 5.80. The van der Waals surface area contributed by atoms with Crippen LogP contribution in [-0.2, 0) is 9.53 Å². The van der Waals surface area contributed by atoms with Crippen LogP contribution in [0.2, 0.25) is 0 Å². The number of nitrogens with zero attached hydrogens (tertiary/aromatic N) is 2. The number of carboxylic acids is 1. The van der Waals surface area contributed by atoms with Crippen LogP contribution < -0.4 is 0 Å². The first kappa shape index (κ1) is 13.1. The number of ether oxygens (including phenoxy) is 1. The maximum atomic E-state index is 12.3. The molecule has 2 amide bonds. The molecular formula is C12H20N2O4. The van der Waals surface area contributed by atoms with E-state index in [4.69, 9.17) is 9.84 Å². The van der Waals surface area contributed by atoms with E-state index in [2.05, 4.69) is 0 Å². The van der Waals surface area contributed by atoms with Gasteiger partial charge < -0.3 is 19.6 Å². The molecule has 0 aromatic heterocycles. The largest absolute Gasteiger partial charge is 0.480 e. The van der Waals surface area contributed by atoms with Crippen molar-refractivity contribution in [2.24, 2.45) is 0 Å². The molecule has 1 saturated carbocycles. The van der Waals surface area contributed by atoms with Crippen molar-refractivity contribution in [3.05, 3.63) is 0 Å². The summed E-state index contributed by atoms with van der Waals surface area (Å²) in [5.74, 6) is -0.950. The van der Waals surface area contributed by atoms with Crippen LogP contribution in [0.5, 0.6) is 0 Å². The van der Waals surface area contributed by atoms with Crippen LogP contribution in [0.3, 0.4) is 0 Å². The summed E-state index contributed by atoms with van der Waals surface area (Å²) in [6.45, 7) is 3.58. The van der Waals surface area contributed by atoms with Crippen molar-refractivity contribution in [3.8, 4) is 0 Å². The van der Waals surface area contributed by atoms with Gasteiger partial charge in [-0.15, -0.1) is 0 Å². The fourth-order valence-electron chi connectivity index (χ4n) is 2.23. The molecule has 1 saturated heterocycles. The van der Waals surface area contributed by atoms with Gasteiger partial charge in [0.1, 0.15) is 6.54 Å². The van der Waals surface area contributed by atoms with Gasteiger partial charge in [0.25, 0.3) is 0 Å². The molecule has 6 heteroatoms. The van der Waals surface area contributed by atoms with Gasteiger partial charge in [0.05, 0.1) is 6.10 Å². The second kappa shape index (κ2) is 5.56. The van der Waals surface area contributed by atoms with E-state index >= 15 is 0 Å². The van der Waals surface area contributed by atoms with Gasteiger partial charge in [-0.1, -0.05) is 0 Å². The molecule has 1 N–H and O–H groups in total. The number of carbonyl (C=O) groups excluding carboxylic acids is 1. The maximum absolute atomic E-state index is 12.3. The lowest BCUT2D eigenvalue weighted by Crippen LogP contribution is -2.48. The SMILES string of the molecule is CC1CN(C(=O)N(CC(=O)O)C2CC2)CCCO1. The first-order valence-corrected chi connectivity index (χ1v) is 6.47. The van der Waals surface area contributed by atoms with Crippen molar-refractivity contribution in [3.63, 3.8) is 0 Å². The molecule has 2 rings (SSSR count). The fourth-order valence-corrected chi connectivity index (χ4v) is 2.23. The summed E-state index contributed by atoms with van der Waals surface area (Å²) in [6, 6.07) is -0.0367. The summed E-state index contributed by atoms with van der Waals surface area (Å²) >= 11 is 0. The van der Waals surface area contributed by atoms with Crippen molar-refractivity contribution in [2.75, 3.05) is 26.2 Å². The number of amides is 2. The number of urea groups is 1. The van der Waals surface area contributed by atoms with E-state index in [0.29, 0.717) is 19.7 Å². The van der Waals surface area contributed by atoms with Gasteiger partial charge in [-0.05, 0) is 26.2 Å². The van der Waals surface area contributed by atoms with E-state index in [1.807, 2.05) is 6.92 Å². The van der Waals surface area contributed by atoms with Crippen LogP contribution in [0.4, 0.5) is 4.79 Å². The normalized spacial score (nSPS) is 24.5. The molecule has 0 aromatic carbocycles. The molecule has 0 spiro atoms. The van der Waals surface area contributed by atoms with E-state index in [9.17, 15) is 9.59 Å². The lowest BCUT2D eigenvalue weighted by Gasteiger charge is -2.29. The zero-order valence-electron chi connectivity index (χ0n) is 10.7. The third kappa shape index (κ3) is 3.35. The Kier molecular flexibility index (Phi) is 4.06. The Hall–Kier alpha value is -1.30. The first-order chi connectivity index (χ1) is 8.58. The summed E-state index contributed by atoms with van der Waals surface area (Å²) in [5.41, 5.74) is 0. The summed E-state index contributed by atoms with van der Waals surface area (Å²) < 4.78 is 5.49. The van der Waals surface area contributed by atoms with Crippen molar-refractivity contribution >= 4 is 12.0 Å². The van der Waals surface area contributed by atoms with Gasteiger partial charge in [-0.2, -0.15) is 0 Å². The first-order valence-electron chi connectivity index (χ1n) is 6.47. The van der Waals surface area contributed by atoms with Crippen LogP contribution in [0.1, 0.15) is 26.2 Å². The standard InChI is InChI=1S/C12H20N2O4/c1-9-7-13(5-2-6-18-9)12(17)14(8-11(15)16)10-3-4-10/h9-10H,2-8H2,1H3,(H,15,16). The topological polar surface area (TPSA) is 70.1 Å². The molecule has 6 nitrogen and oxygen atoms in total. The predicted octanol–water partition coefficient (Wildman–Crippen LogP) is 0.766. The van der Waals surface area contributed by atoms with E-state index in [-0.39, 0.29) is 24.7 Å². The Morgan fingerprint density at radius 2 is 2.17 bits per heavy atom. The number of carbonyl (C=O) groups is 2. The minimum Gasteiger partial charge on any atom is -0.480 e. The molecule has 0 bridgehead atoms. The van der Waals surface area contributed by atoms with Crippen LogP contribution in [0.15, 0.2) is 0 Å². The fraction of sp³-hybridized carbons (Fsp3) is 0.833. The van der Waals surface area contributed by atoms with Gasteiger partial charge in [-0.3, -0.25) is 4.79 Å². The van der Waals surface area contributed by atoms with Crippen molar-refractivity contribution in [1.29, 1.82) is 0 Å². The van der Waals surface area contributed by atoms with Crippen molar-refractivity contribution in [1.82, 2.24) is 9.80 Å². The second-order valence-corrected chi connectivity index (χ2v) is 5.02. The second-order valence-electron chi connectivity index (χ2n) is 5.02. The molecule has 18 heavy (non-hydrogen) atoms. The Labute approximate surface area is 106 Å². The summed E-state index contributed by atoms with van der Waals surface area (Å²) in [4.78, 5) is 26.4. The quantitative estimate of drug-likeness (QED) is 0.809. The van der Waals surface area contributed by atoms with Gasteiger partial charge in [0.15, 0.2) is 0 Å². The molecule has 0 radical (unpaired) electrons. The maximum Gasteiger partial charge on any atom is 0.323 e. The summed E-state index contributed by atoms with van der Waals surface area (Å²) in [7, 11) is 0.